The van der Waals surface area contributed by atoms with Crippen LogP contribution < -0.4 is 10.1 Å². The van der Waals surface area contributed by atoms with Crippen molar-refractivity contribution in [1.29, 1.82) is 0 Å². The maximum atomic E-state index is 12.5. The minimum Gasteiger partial charge on any atom is -0.497 e. The molecule has 5 nitrogen and oxygen atoms in total. The average Bonchev–Trinajstić information content (AvgIpc) is 3.13. The zero-order valence-electron chi connectivity index (χ0n) is 15.9. The van der Waals surface area contributed by atoms with E-state index in [-0.39, 0.29) is 5.91 Å². The number of pyridine rings is 1. The Morgan fingerprint density at radius 1 is 1.25 bits per heavy atom. The Morgan fingerprint density at radius 2 is 2.11 bits per heavy atom. The van der Waals surface area contributed by atoms with E-state index in [1.807, 2.05) is 18.2 Å². The molecule has 0 bridgehead atoms. The predicted molar refractivity (Wildman–Crippen MR) is 112 cm³/mol. The molecule has 5 heteroatoms. The van der Waals surface area contributed by atoms with Crippen LogP contribution in [-0.4, -0.2) is 23.7 Å². The summed E-state index contributed by atoms with van der Waals surface area (Å²) in [5.41, 5.74) is 6.32. The molecule has 1 amide bonds. The van der Waals surface area contributed by atoms with Crippen molar-refractivity contribution in [3.8, 4) is 5.75 Å². The number of amides is 1. The lowest BCUT2D eigenvalue weighted by molar-refractivity contribution is 0.102. The number of allylic oxidation sites excluding steroid dienone is 5. The number of aromatic nitrogens is 1. The van der Waals surface area contributed by atoms with E-state index in [1.54, 1.807) is 25.4 Å². The van der Waals surface area contributed by atoms with Gasteiger partial charge in [-0.05, 0) is 40.8 Å². The first kappa shape index (κ1) is 17.9. The highest BCUT2D eigenvalue weighted by molar-refractivity contribution is 6.09. The maximum absolute atomic E-state index is 12.5. The number of hydrogen-bond acceptors (Lipinski definition) is 4. The molecule has 1 aromatic heterocycles. The summed E-state index contributed by atoms with van der Waals surface area (Å²) in [5, 5.41) is 2.88. The molecule has 1 unspecified atom stereocenters. The van der Waals surface area contributed by atoms with Crippen LogP contribution in [0.25, 0.3) is 0 Å². The van der Waals surface area contributed by atoms with Crippen LogP contribution in [0.4, 0.5) is 11.4 Å². The maximum Gasteiger partial charge on any atom is 0.274 e. The van der Waals surface area contributed by atoms with Crippen molar-refractivity contribution in [2.24, 2.45) is 10.9 Å². The lowest BCUT2D eigenvalue weighted by Gasteiger charge is -2.14. The number of aliphatic imine (C=N–C) groups is 1. The van der Waals surface area contributed by atoms with Crippen LogP contribution in [0.1, 0.15) is 23.0 Å². The van der Waals surface area contributed by atoms with Crippen LogP contribution in [0.2, 0.25) is 0 Å². The van der Waals surface area contributed by atoms with Gasteiger partial charge in [0.2, 0.25) is 0 Å². The average molecular weight is 371 g/mol. The highest BCUT2D eigenvalue weighted by Gasteiger charge is 2.20. The van der Waals surface area contributed by atoms with Crippen LogP contribution in [-0.2, 0) is 6.42 Å². The number of carbonyl (C=O) groups excluding carboxylic acids is 1. The van der Waals surface area contributed by atoms with E-state index in [0.717, 1.165) is 34.5 Å². The van der Waals surface area contributed by atoms with Crippen LogP contribution in [0, 0.1) is 5.92 Å². The summed E-state index contributed by atoms with van der Waals surface area (Å²) in [7, 11) is 1.56. The van der Waals surface area contributed by atoms with Gasteiger partial charge in [0, 0.05) is 24.4 Å². The molecule has 2 aliphatic rings. The van der Waals surface area contributed by atoms with E-state index in [4.69, 9.17) is 9.73 Å². The molecule has 28 heavy (non-hydrogen) atoms. The Morgan fingerprint density at radius 3 is 2.89 bits per heavy atom. The first-order chi connectivity index (χ1) is 13.5. The minimum absolute atomic E-state index is 0.286. The van der Waals surface area contributed by atoms with Crippen LogP contribution in [0.3, 0.4) is 0 Å². The van der Waals surface area contributed by atoms with Crippen molar-refractivity contribution in [2.75, 3.05) is 12.4 Å². The van der Waals surface area contributed by atoms with Gasteiger partial charge in [0.05, 0.1) is 18.5 Å². The molecule has 4 rings (SSSR count). The van der Waals surface area contributed by atoms with Gasteiger partial charge in [0.1, 0.15) is 11.4 Å². The van der Waals surface area contributed by atoms with E-state index < -0.39 is 0 Å². The van der Waals surface area contributed by atoms with Gasteiger partial charge in [0.25, 0.3) is 5.91 Å². The summed E-state index contributed by atoms with van der Waals surface area (Å²) < 4.78 is 5.15. The number of ether oxygens (including phenoxy) is 1. The molecule has 1 atom stereocenters. The summed E-state index contributed by atoms with van der Waals surface area (Å²) in [6.45, 7) is 6.18. The summed E-state index contributed by atoms with van der Waals surface area (Å²) in [4.78, 5) is 21.4. The highest BCUT2D eigenvalue weighted by Crippen LogP contribution is 2.33. The summed E-state index contributed by atoms with van der Waals surface area (Å²) in [6.07, 6.45) is 8.66. The molecule has 1 N–H and O–H groups in total. The number of hydrogen-bond donors (Lipinski definition) is 1. The van der Waals surface area contributed by atoms with E-state index in [0.29, 0.717) is 23.0 Å². The number of methoxy groups -OCH3 is 1. The Hall–Kier alpha value is -3.47. The highest BCUT2D eigenvalue weighted by atomic mass is 16.5. The summed E-state index contributed by atoms with van der Waals surface area (Å²) in [5.74, 6) is 0.622. The minimum atomic E-state index is -0.286. The van der Waals surface area contributed by atoms with Crippen molar-refractivity contribution in [3.63, 3.8) is 0 Å². The lowest BCUT2D eigenvalue weighted by Crippen LogP contribution is -2.13. The van der Waals surface area contributed by atoms with Crippen LogP contribution in [0.15, 0.2) is 77.5 Å². The van der Waals surface area contributed by atoms with E-state index in [2.05, 4.69) is 42.0 Å². The number of carbonyl (C=O) groups is 1. The lowest BCUT2D eigenvalue weighted by atomic mass is 9.91. The van der Waals surface area contributed by atoms with Gasteiger partial charge in [-0.3, -0.25) is 14.8 Å². The Kier molecular flexibility index (Phi) is 4.65. The standard InChI is InChI=1S/C23H21N3O2/c1-14-4-5-16(10-15(14)2)20-11-17-6-7-18(12-21(17)26-20)25-23(27)22-13-19(28-3)8-9-24-22/h4-10,12-13,15H,1,11H2,2-3H3,(H,25,27). The zero-order chi connectivity index (χ0) is 19.7. The van der Waals surface area contributed by atoms with Gasteiger partial charge in [-0.2, -0.15) is 0 Å². The van der Waals surface area contributed by atoms with Gasteiger partial charge < -0.3 is 10.1 Å². The van der Waals surface area contributed by atoms with Gasteiger partial charge in [0.15, 0.2) is 0 Å². The molecule has 0 saturated heterocycles. The Balaban J connectivity index is 1.53. The topological polar surface area (TPSA) is 63.6 Å². The molecule has 0 fully saturated rings. The quantitative estimate of drug-likeness (QED) is 0.850. The molecular weight excluding hydrogens is 350 g/mol. The Bertz CT molecular complexity index is 1060. The molecule has 1 aromatic carbocycles. The van der Waals surface area contributed by atoms with Crippen LogP contribution >= 0.6 is 0 Å². The number of anilines is 1. The summed E-state index contributed by atoms with van der Waals surface area (Å²) in [6, 6.07) is 9.11. The second-order valence-corrected chi connectivity index (χ2v) is 6.93. The van der Waals surface area contributed by atoms with Crippen molar-refractivity contribution >= 4 is 23.0 Å². The fourth-order valence-electron chi connectivity index (χ4n) is 3.26. The molecule has 0 radical (unpaired) electrons. The van der Waals surface area contributed by atoms with Crippen molar-refractivity contribution in [1.82, 2.24) is 4.98 Å². The molecule has 1 aliphatic heterocycles. The predicted octanol–water partition coefficient (Wildman–Crippen LogP) is 4.66. The monoisotopic (exact) mass is 371 g/mol. The van der Waals surface area contributed by atoms with E-state index >= 15 is 0 Å². The van der Waals surface area contributed by atoms with Crippen LogP contribution in [0.5, 0.6) is 5.75 Å². The van der Waals surface area contributed by atoms with Gasteiger partial charge in [-0.25, -0.2) is 0 Å². The largest absolute Gasteiger partial charge is 0.497 e. The fraction of sp³-hybridized carbons (Fsp3) is 0.174. The van der Waals surface area contributed by atoms with Crippen molar-refractivity contribution < 1.29 is 9.53 Å². The molecule has 2 aromatic rings. The molecule has 0 spiro atoms. The Labute approximate surface area is 164 Å². The van der Waals surface area contributed by atoms with Gasteiger partial charge >= 0.3 is 0 Å². The molecular formula is C23H21N3O2. The number of benzene rings is 1. The normalized spacial score (nSPS) is 17.6. The summed E-state index contributed by atoms with van der Waals surface area (Å²) >= 11 is 0. The third kappa shape index (κ3) is 3.51. The molecule has 0 saturated carbocycles. The van der Waals surface area contributed by atoms with Crippen molar-refractivity contribution in [3.05, 3.63) is 83.7 Å². The number of nitrogens with zero attached hydrogens (tertiary/aromatic N) is 2. The number of nitrogens with one attached hydrogen (secondary N) is 1. The van der Waals surface area contributed by atoms with Crippen molar-refractivity contribution in [2.45, 2.75) is 13.3 Å². The second kappa shape index (κ2) is 7.27. The molecule has 2 heterocycles. The van der Waals surface area contributed by atoms with E-state index in [9.17, 15) is 4.79 Å². The van der Waals surface area contributed by atoms with Gasteiger partial charge in [-0.1, -0.05) is 37.8 Å². The van der Waals surface area contributed by atoms with E-state index in [1.165, 1.54) is 0 Å². The smallest absolute Gasteiger partial charge is 0.274 e. The SMILES string of the molecule is C=C1C=CC(C2=Nc3cc(NC(=O)c4cc(OC)ccn4)ccc3C2)=CC1C. The molecule has 140 valence electrons. The first-order valence-electron chi connectivity index (χ1n) is 9.14. The zero-order valence-corrected chi connectivity index (χ0v) is 15.9. The number of fused-ring (bicyclic) bond motifs is 1. The number of rotatable bonds is 4. The van der Waals surface area contributed by atoms with Gasteiger partial charge in [-0.15, -0.1) is 0 Å². The molecule has 1 aliphatic carbocycles. The third-order valence-electron chi connectivity index (χ3n) is 4.98. The first-order valence-corrected chi connectivity index (χ1v) is 9.14. The fourth-order valence-corrected chi connectivity index (χ4v) is 3.26. The third-order valence-corrected chi connectivity index (χ3v) is 4.98. The second-order valence-electron chi connectivity index (χ2n) is 6.93.